The standard InChI is InChI=1S/C15H18N2O2/c18-15(19)13-4-7-17(8-5-13)10-11-1-2-12-3-6-16-14(12)9-11/h1-3,6,9,13,16H,4-5,7-8,10H2,(H,18,19). The Morgan fingerprint density at radius 3 is 2.84 bits per heavy atom. The van der Waals surface area contributed by atoms with Crippen molar-refractivity contribution in [2.24, 2.45) is 5.92 Å². The molecule has 2 aromatic rings. The molecule has 1 saturated heterocycles. The first kappa shape index (κ1) is 12.2. The van der Waals surface area contributed by atoms with Crippen LogP contribution in [0, 0.1) is 5.92 Å². The average Bonchev–Trinajstić information content (AvgIpc) is 2.87. The summed E-state index contributed by atoms with van der Waals surface area (Å²) >= 11 is 0. The van der Waals surface area contributed by atoms with Crippen molar-refractivity contribution in [3.05, 3.63) is 36.0 Å². The van der Waals surface area contributed by atoms with Crippen molar-refractivity contribution >= 4 is 16.9 Å². The van der Waals surface area contributed by atoms with Gasteiger partial charge >= 0.3 is 5.97 Å². The molecule has 2 heterocycles. The molecule has 4 heteroatoms. The summed E-state index contributed by atoms with van der Waals surface area (Å²) in [5, 5.41) is 10.2. The lowest BCUT2D eigenvalue weighted by Crippen LogP contribution is -2.35. The summed E-state index contributed by atoms with van der Waals surface area (Å²) in [5.41, 5.74) is 2.45. The predicted octanol–water partition coefficient (Wildman–Crippen LogP) is 2.46. The van der Waals surface area contributed by atoms with Crippen molar-refractivity contribution < 1.29 is 9.90 Å². The maximum atomic E-state index is 10.9. The van der Waals surface area contributed by atoms with E-state index >= 15 is 0 Å². The van der Waals surface area contributed by atoms with E-state index in [0.717, 1.165) is 38.0 Å². The number of aromatic amines is 1. The Bertz CT molecular complexity index is 583. The highest BCUT2D eigenvalue weighted by atomic mass is 16.4. The van der Waals surface area contributed by atoms with Crippen LogP contribution in [0.15, 0.2) is 30.5 Å². The lowest BCUT2D eigenvalue weighted by atomic mass is 9.97. The minimum atomic E-state index is -0.646. The first-order valence-electron chi connectivity index (χ1n) is 6.73. The maximum Gasteiger partial charge on any atom is 0.306 e. The molecule has 1 aromatic carbocycles. The molecule has 3 rings (SSSR count). The third-order valence-corrected chi connectivity index (χ3v) is 3.96. The largest absolute Gasteiger partial charge is 0.481 e. The van der Waals surface area contributed by atoms with Gasteiger partial charge in [0.2, 0.25) is 0 Å². The van der Waals surface area contributed by atoms with Crippen LogP contribution in [0.5, 0.6) is 0 Å². The second-order valence-electron chi connectivity index (χ2n) is 5.29. The highest BCUT2D eigenvalue weighted by Crippen LogP contribution is 2.20. The number of aromatic nitrogens is 1. The van der Waals surface area contributed by atoms with Gasteiger partial charge in [0.05, 0.1) is 5.92 Å². The van der Waals surface area contributed by atoms with Gasteiger partial charge in [0.15, 0.2) is 0 Å². The summed E-state index contributed by atoms with van der Waals surface area (Å²) in [7, 11) is 0. The fourth-order valence-electron chi connectivity index (χ4n) is 2.79. The Kier molecular flexibility index (Phi) is 3.25. The van der Waals surface area contributed by atoms with Crippen LogP contribution in [0.3, 0.4) is 0 Å². The quantitative estimate of drug-likeness (QED) is 0.889. The van der Waals surface area contributed by atoms with Crippen LogP contribution in [0.1, 0.15) is 18.4 Å². The van der Waals surface area contributed by atoms with Crippen molar-refractivity contribution in [3.8, 4) is 0 Å². The summed E-state index contributed by atoms with van der Waals surface area (Å²) in [6.07, 6.45) is 3.48. The van der Waals surface area contributed by atoms with Gasteiger partial charge in [-0.3, -0.25) is 9.69 Å². The van der Waals surface area contributed by atoms with Crippen molar-refractivity contribution in [3.63, 3.8) is 0 Å². The molecular weight excluding hydrogens is 240 g/mol. The molecular formula is C15H18N2O2. The SMILES string of the molecule is O=C(O)C1CCN(Cc2ccc3cc[nH]c3c2)CC1. The number of piperidine rings is 1. The zero-order valence-corrected chi connectivity index (χ0v) is 10.8. The van der Waals surface area contributed by atoms with Crippen LogP contribution in [0.25, 0.3) is 10.9 Å². The molecule has 0 saturated carbocycles. The smallest absolute Gasteiger partial charge is 0.306 e. The number of hydrogen-bond donors (Lipinski definition) is 2. The van der Waals surface area contributed by atoms with Crippen molar-refractivity contribution in [2.45, 2.75) is 19.4 Å². The fourth-order valence-corrected chi connectivity index (χ4v) is 2.79. The Hall–Kier alpha value is -1.81. The van der Waals surface area contributed by atoms with Gasteiger partial charge in [-0.15, -0.1) is 0 Å². The topological polar surface area (TPSA) is 56.3 Å². The Morgan fingerprint density at radius 1 is 1.32 bits per heavy atom. The van der Waals surface area contributed by atoms with Gasteiger partial charge in [-0.2, -0.15) is 0 Å². The van der Waals surface area contributed by atoms with E-state index in [4.69, 9.17) is 5.11 Å². The van der Waals surface area contributed by atoms with Crippen molar-refractivity contribution in [1.82, 2.24) is 9.88 Å². The minimum absolute atomic E-state index is 0.151. The highest BCUT2D eigenvalue weighted by Gasteiger charge is 2.24. The number of carbonyl (C=O) groups is 1. The van der Waals surface area contributed by atoms with Crippen LogP contribution in [0.2, 0.25) is 0 Å². The van der Waals surface area contributed by atoms with Gasteiger partial charge in [-0.05, 0) is 49.0 Å². The number of carboxylic acids is 1. The number of likely N-dealkylation sites (tertiary alicyclic amines) is 1. The number of fused-ring (bicyclic) bond motifs is 1. The summed E-state index contributed by atoms with van der Waals surface area (Å²) in [5.74, 6) is -0.797. The number of benzene rings is 1. The molecule has 0 atom stereocenters. The van der Waals surface area contributed by atoms with Gasteiger partial charge in [0.1, 0.15) is 0 Å². The number of hydrogen-bond acceptors (Lipinski definition) is 2. The fraction of sp³-hybridized carbons (Fsp3) is 0.400. The number of nitrogens with one attached hydrogen (secondary N) is 1. The van der Waals surface area contributed by atoms with Crippen LogP contribution in [-0.4, -0.2) is 34.0 Å². The van der Waals surface area contributed by atoms with E-state index < -0.39 is 5.97 Å². The minimum Gasteiger partial charge on any atom is -0.481 e. The molecule has 0 radical (unpaired) electrons. The summed E-state index contributed by atoms with van der Waals surface area (Å²) in [6.45, 7) is 2.65. The van der Waals surface area contributed by atoms with E-state index in [1.807, 2.05) is 6.20 Å². The summed E-state index contributed by atoms with van der Waals surface area (Å²) < 4.78 is 0. The molecule has 1 aromatic heterocycles. The molecule has 1 fully saturated rings. The Labute approximate surface area is 112 Å². The number of H-pyrrole nitrogens is 1. The van der Waals surface area contributed by atoms with Gasteiger partial charge in [-0.1, -0.05) is 12.1 Å². The van der Waals surface area contributed by atoms with Crippen LogP contribution >= 0.6 is 0 Å². The first-order chi connectivity index (χ1) is 9.22. The summed E-state index contributed by atoms with van der Waals surface area (Å²) in [4.78, 5) is 16.5. The van der Waals surface area contributed by atoms with E-state index in [2.05, 4.69) is 34.1 Å². The molecule has 1 aliphatic heterocycles. The van der Waals surface area contributed by atoms with Crippen molar-refractivity contribution in [1.29, 1.82) is 0 Å². The van der Waals surface area contributed by atoms with Gasteiger partial charge in [0, 0.05) is 18.3 Å². The zero-order chi connectivity index (χ0) is 13.2. The lowest BCUT2D eigenvalue weighted by molar-refractivity contribution is -0.143. The van der Waals surface area contributed by atoms with E-state index in [0.29, 0.717) is 0 Å². The predicted molar refractivity (Wildman–Crippen MR) is 73.9 cm³/mol. The third kappa shape index (κ3) is 2.63. The molecule has 100 valence electrons. The molecule has 0 bridgehead atoms. The van der Waals surface area contributed by atoms with E-state index in [9.17, 15) is 4.79 Å². The van der Waals surface area contributed by atoms with Crippen LogP contribution < -0.4 is 0 Å². The van der Waals surface area contributed by atoms with Gasteiger partial charge in [-0.25, -0.2) is 0 Å². The monoisotopic (exact) mass is 258 g/mol. The first-order valence-corrected chi connectivity index (χ1v) is 6.73. The maximum absolute atomic E-state index is 10.9. The number of rotatable bonds is 3. The molecule has 4 nitrogen and oxygen atoms in total. The molecule has 1 aliphatic rings. The Morgan fingerprint density at radius 2 is 2.11 bits per heavy atom. The number of nitrogens with zero attached hydrogens (tertiary/aromatic N) is 1. The number of aliphatic carboxylic acids is 1. The second kappa shape index (κ2) is 5.05. The van der Waals surface area contributed by atoms with E-state index in [-0.39, 0.29) is 5.92 Å². The van der Waals surface area contributed by atoms with Crippen molar-refractivity contribution in [2.75, 3.05) is 13.1 Å². The van der Waals surface area contributed by atoms with Crippen LogP contribution in [-0.2, 0) is 11.3 Å². The van der Waals surface area contributed by atoms with E-state index in [1.54, 1.807) is 0 Å². The molecule has 0 unspecified atom stereocenters. The zero-order valence-electron chi connectivity index (χ0n) is 10.8. The third-order valence-electron chi connectivity index (χ3n) is 3.96. The average molecular weight is 258 g/mol. The molecule has 0 aliphatic carbocycles. The van der Waals surface area contributed by atoms with E-state index in [1.165, 1.54) is 10.9 Å². The highest BCUT2D eigenvalue weighted by molar-refractivity contribution is 5.79. The summed E-state index contributed by atoms with van der Waals surface area (Å²) in [6, 6.07) is 8.53. The van der Waals surface area contributed by atoms with Gasteiger partial charge < -0.3 is 10.1 Å². The lowest BCUT2D eigenvalue weighted by Gasteiger charge is -2.30. The van der Waals surface area contributed by atoms with Gasteiger partial charge in [0.25, 0.3) is 0 Å². The molecule has 19 heavy (non-hydrogen) atoms. The normalized spacial score (nSPS) is 17.9. The second-order valence-corrected chi connectivity index (χ2v) is 5.29. The number of carboxylic acid groups (broad SMARTS) is 1. The van der Waals surface area contributed by atoms with Crippen LogP contribution in [0.4, 0.5) is 0 Å². The molecule has 2 N–H and O–H groups in total. The molecule has 0 amide bonds. The molecule has 0 spiro atoms. The Balaban J connectivity index is 1.64.